The smallest absolute Gasteiger partial charge is 0.240 e. The van der Waals surface area contributed by atoms with E-state index in [1.165, 1.54) is 18.3 Å². The van der Waals surface area contributed by atoms with E-state index in [9.17, 15) is 24.6 Å². The molecular formula is C21H20N2O5. The molecule has 0 radical (unpaired) electrons. The summed E-state index contributed by atoms with van der Waals surface area (Å²) >= 11 is 0. The number of para-hydroxylation sites is 1. The molecule has 2 aliphatic heterocycles. The van der Waals surface area contributed by atoms with Gasteiger partial charge in [-0.05, 0) is 24.6 Å². The Hall–Kier alpha value is -3.19. The van der Waals surface area contributed by atoms with Crippen LogP contribution in [0, 0.1) is 11.8 Å². The fourth-order valence-electron chi connectivity index (χ4n) is 4.49. The molecule has 144 valence electrons. The average molecular weight is 380 g/mol. The van der Waals surface area contributed by atoms with E-state index < -0.39 is 41.2 Å². The second-order valence-electron chi connectivity index (χ2n) is 7.57. The number of likely N-dealkylation sites (tertiary alicyclic amines) is 1. The third kappa shape index (κ3) is 2.58. The molecule has 2 amide bonds. The third-order valence-corrected chi connectivity index (χ3v) is 5.92. The van der Waals surface area contributed by atoms with E-state index in [1.54, 1.807) is 30.3 Å². The summed E-state index contributed by atoms with van der Waals surface area (Å²) in [6.45, 7) is 1.50. The van der Waals surface area contributed by atoms with Crippen LogP contribution in [0.15, 0.2) is 54.6 Å². The number of aliphatic carboxylic acids is 1. The summed E-state index contributed by atoms with van der Waals surface area (Å²) in [7, 11) is 0. The molecule has 7 nitrogen and oxygen atoms in total. The lowest BCUT2D eigenvalue weighted by Gasteiger charge is -2.29. The van der Waals surface area contributed by atoms with Crippen LogP contribution in [0.25, 0.3) is 0 Å². The zero-order valence-electron chi connectivity index (χ0n) is 15.2. The lowest BCUT2D eigenvalue weighted by molar-refractivity contribution is -0.735. The Kier molecular flexibility index (Phi) is 4.19. The maximum absolute atomic E-state index is 13.2. The van der Waals surface area contributed by atoms with Crippen molar-refractivity contribution in [1.29, 1.82) is 0 Å². The van der Waals surface area contributed by atoms with Gasteiger partial charge in [-0.15, -0.1) is 0 Å². The predicted octanol–water partition coefficient (Wildman–Crippen LogP) is -0.680. The number of amides is 2. The van der Waals surface area contributed by atoms with Crippen LogP contribution in [0.5, 0.6) is 5.75 Å². The number of imide groups is 1. The van der Waals surface area contributed by atoms with Crippen molar-refractivity contribution in [2.75, 3.05) is 0 Å². The molecule has 0 bridgehead atoms. The highest BCUT2D eigenvalue weighted by Crippen LogP contribution is 2.45. The standard InChI is InChI=1S/C21H20N2O5/c1-21(20(27)28)16-15(17(22-21)13-9-5-6-10-14(13)24)18(25)23(19(16)26)11-12-7-3-2-4-8-12/h2-10,15-17,22,24H,11H2,1H3,(H,27,28)/t15-,16+,17-,21-/m0/s1. The Morgan fingerprint density at radius 2 is 1.75 bits per heavy atom. The molecule has 0 aliphatic carbocycles. The van der Waals surface area contributed by atoms with Crippen molar-refractivity contribution in [2.24, 2.45) is 11.8 Å². The number of nitrogens with two attached hydrogens (primary N) is 1. The SMILES string of the molecule is C[C@]1(C(=O)[O-])[NH2+][C@@H](c2ccccc2O)[C@H]2C(=O)N(Cc3ccccc3)C(=O)[C@@H]21. The first-order valence-electron chi connectivity index (χ1n) is 9.09. The van der Waals surface area contributed by atoms with Gasteiger partial charge in [0.2, 0.25) is 11.8 Å². The molecule has 2 aliphatic rings. The van der Waals surface area contributed by atoms with Crippen LogP contribution in [-0.4, -0.2) is 33.3 Å². The normalized spacial score (nSPS) is 29.2. The lowest BCUT2D eigenvalue weighted by Crippen LogP contribution is -2.98. The van der Waals surface area contributed by atoms with Crippen LogP contribution in [0.3, 0.4) is 0 Å². The number of hydrogen-bond donors (Lipinski definition) is 2. The fourth-order valence-corrected chi connectivity index (χ4v) is 4.49. The Morgan fingerprint density at radius 1 is 1.11 bits per heavy atom. The number of carboxylic acids is 1. The van der Waals surface area contributed by atoms with E-state index in [2.05, 4.69) is 0 Å². The van der Waals surface area contributed by atoms with Gasteiger partial charge in [0.25, 0.3) is 0 Å². The molecule has 0 saturated carbocycles. The number of benzene rings is 2. The van der Waals surface area contributed by atoms with Gasteiger partial charge in [0.15, 0.2) is 0 Å². The summed E-state index contributed by atoms with van der Waals surface area (Å²) in [6, 6.07) is 14.9. The first kappa shape index (κ1) is 18.2. The first-order valence-corrected chi connectivity index (χ1v) is 9.09. The number of phenols is 1. The summed E-state index contributed by atoms with van der Waals surface area (Å²) in [5, 5.41) is 23.7. The molecule has 2 heterocycles. The summed E-state index contributed by atoms with van der Waals surface area (Å²) in [4.78, 5) is 39.4. The van der Waals surface area contributed by atoms with Crippen LogP contribution in [0.1, 0.15) is 24.1 Å². The van der Waals surface area contributed by atoms with Gasteiger partial charge in [-0.2, -0.15) is 0 Å². The van der Waals surface area contributed by atoms with Crippen molar-refractivity contribution in [3.05, 3.63) is 65.7 Å². The quantitative estimate of drug-likeness (QED) is 0.682. The second kappa shape index (κ2) is 6.45. The van der Waals surface area contributed by atoms with Crippen molar-refractivity contribution in [2.45, 2.75) is 25.0 Å². The Balaban J connectivity index is 1.76. The van der Waals surface area contributed by atoms with E-state index in [4.69, 9.17) is 0 Å². The number of hydrogen-bond acceptors (Lipinski definition) is 5. The van der Waals surface area contributed by atoms with Crippen molar-refractivity contribution in [1.82, 2.24) is 4.90 Å². The van der Waals surface area contributed by atoms with Gasteiger partial charge in [-0.1, -0.05) is 42.5 Å². The number of carbonyl (C=O) groups is 3. The highest BCUT2D eigenvalue weighted by molar-refractivity contribution is 6.08. The molecule has 4 atom stereocenters. The Morgan fingerprint density at radius 3 is 2.39 bits per heavy atom. The minimum absolute atomic E-state index is 0.0353. The van der Waals surface area contributed by atoms with E-state index in [1.807, 2.05) is 18.2 Å². The first-order chi connectivity index (χ1) is 13.3. The topological polar surface area (TPSA) is 114 Å². The molecular weight excluding hydrogens is 360 g/mol. The van der Waals surface area contributed by atoms with Gasteiger partial charge >= 0.3 is 0 Å². The van der Waals surface area contributed by atoms with Crippen molar-refractivity contribution in [3.63, 3.8) is 0 Å². The summed E-state index contributed by atoms with van der Waals surface area (Å²) in [5.41, 5.74) is -0.386. The molecule has 4 rings (SSSR count). The Bertz CT molecular complexity index is 960. The van der Waals surface area contributed by atoms with Crippen molar-refractivity contribution >= 4 is 17.8 Å². The van der Waals surface area contributed by atoms with Crippen LogP contribution in [-0.2, 0) is 20.9 Å². The van der Waals surface area contributed by atoms with Crippen LogP contribution in [0.2, 0.25) is 0 Å². The maximum atomic E-state index is 13.2. The molecule has 2 aromatic rings. The van der Waals surface area contributed by atoms with Gasteiger partial charge < -0.3 is 20.3 Å². The lowest BCUT2D eigenvalue weighted by atomic mass is 9.80. The molecule has 7 heteroatoms. The molecule has 28 heavy (non-hydrogen) atoms. The van der Waals surface area contributed by atoms with Crippen molar-refractivity contribution < 1.29 is 29.9 Å². The minimum atomic E-state index is -1.60. The number of rotatable bonds is 4. The molecule has 0 aromatic heterocycles. The second-order valence-corrected chi connectivity index (χ2v) is 7.57. The fraction of sp³-hybridized carbons (Fsp3) is 0.286. The van der Waals surface area contributed by atoms with Gasteiger partial charge in [0.05, 0.1) is 12.1 Å². The van der Waals surface area contributed by atoms with E-state index >= 15 is 0 Å². The van der Waals surface area contributed by atoms with Crippen LogP contribution in [0.4, 0.5) is 0 Å². The molecule has 2 fully saturated rings. The largest absolute Gasteiger partial charge is 0.544 e. The van der Waals surface area contributed by atoms with Gasteiger partial charge in [0, 0.05) is 0 Å². The number of carbonyl (C=O) groups excluding carboxylic acids is 3. The minimum Gasteiger partial charge on any atom is -0.544 e. The van der Waals surface area contributed by atoms with Gasteiger partial charge in [0.1, 0.15) is 35.1 Å². The van der Waals surface area contributed by atoms with E-state index in [0.717, 1.165) is 10.5 Å². The molecule has 0 unspecified atom stereocenters. The van der Waals surface area contributed by atoms with Gasteiger partial charge in [-0.3, -0.25) is 14.5 Å². The number of carboxylic acid groups (broad SMARTS) is 1. The third-order valence-electron chi connectivity index (χ3n) is 5.92. The van der Waals surface area contributed by atoms with Crippen LogP contribution < -0.4 is 10.4 Å². The Labute approximate surface area is 161 Å². The van der Waals surface area contributed by atoms with Crippen LogP contribution >= 0.6 is 0 Å². The molecule has 3 N–H and O–H groups in total. The number of phenolic OH excluding ortho intramolecular Hbond substituents is 1. The van der Waals surface area contributed by atoms with E-state index in [-0.39, 0.29) is 12.3 Å². The van der Waals surface area contributed by atoms with E-state index in [0.29, 0.717) is 5.56 Å². The summed E-state index contributed by atoms with van der Waals surface area (Å²) < 4.78 is 0. The van der Waals surface area contributed by atoms with Gasteiger partial charge in [-0.25, -0.2) is 0 Å². The predicted molar refractivity (Wildman–Crippen MR) is 95.2 cm³/mol. The zero-order valence-corrected chi connectivity index (χ0v) is 15.2. The number of aromatic hydroxyl groups is 1. The summed E-state index contributed by atoms with van der Waals surface area (Å²) in [5.74, 6) is -4.31. The monoisotopic (exact) mass is 380 g/mol. The number of fused-ring (bicyclic) bond motifs is 1. The number of quaternary nitrogens is 1. The highest BCUT2D eigenvalue weighted by atomic mass is 16.4. The molecule has 0 spiro atoms. The highest BCUT2D eigenvalue weighted by Gasteiger charge is 2.68. The van der Waals surface area contributed by atoms with Crippen molar-refractivity contribution in [3.8, 4) is 5.75 Å². The molecule has 2 aromatic carbocycles. The molecule has 2 saturated heterocycles. The summed E-state index contributed by atoms with van der Waals surface area (Å²) in [6.07, 6.45) is 0. The average Bonchev–Trinajstić information content (AvgIpc) is 3.12. The zero-order chi connectivity index (χ0) is 20.1. The maximum Gasteiger partial charge on any atom is 0.240 e. The number of nitrogens with zero attached hydrogens (tertiary/aromatic N) is 1.